The Morgan fingerprint density at radius 1 is 0.915 bits per heavy atom. The van der Waals surface area contributed by atoms with Gasteiger partial charge < -0.3 is 24.7 Å². The van der Waals surface area contributed by atoms with Crippen LogP contribution < -0.4 is 15.8 Å². The van der Waals surface area contributed by atoms with Gasteiger partial charge in [0.25, 0.3) is 11.5 Å². The Bertz CT molecular complexity index is 1590. The number of hydrogen-bond acceptors (Lipinski definition) is 6. The number of anilines is 1. The highest BCUT2D eigenvalue weighted by molar-refractivity contribution is 5.99. The monoisotopic (exact) mass is 640 g/mol. The van der Waals surface area contributed by atoms with Crippen molar-refractivity contribution < 1.29 is 14.3 Å². The number of aromatic nitrogens is 1. The lowest BCUT2D eigenvalue weighted by molar-refractivity contribution is 0.0342. The molecular weight excluding hydrogens is 588 g/mol. The molecule has 2 fully saturated rings. The molecule has 47 heavy (non-hydrogen) atoms. The molecule has 8 nitrogen and oxygen atoms in total. The van der Waals surface area contributed by atoms with E-state index in [0.29, 0.717) is 17.2 Å². The third-order valence-electron chi connectivity index (χ3n) is 10.5. The number of fused-ring (bicyclic) bond motifs is 1. The number of nitrogens with zero attached hydrogens (tertiary/aromatic N) is 2. The van der Waals surface area contributed by atoms with Crippen molar-refractivity contribution in [2.24, 2.45) is 0 Å². The largest absolute Gasteiger partial charge is 0.381 e. The standard InChI is InChI=1S/C39H52N4O4/c1-4-43(32-15-19-46-20-16-32)37-24-31(30-13-11-29(12-14-30)26-42-17-21-47-22-18-42)23-35(27(37)2)38(44)40-25-36-34-10-8-6-5-7-9-33(34)28(3)41-39(36)45/h11-14,23-24,32H,4-10,15-22,25-26H2,1-3H3,(H,40,44)(H,41,45). The molecule has 0 radical (unpaired) electrons. The van der Waals surface area contributed by atoms with Gasteiger partial charge in [0, 0.05) is 74.5 Å². The van der Waals surface area contributed by atoms with E-state index >= 15 is 0 Å². The lowest BCUT2D eigenvalue weighted by Gasteiger charge is -2.37. The van der Waals surface area contributed by atoms with E-state index in [4.69, 9.17) is 9.47 Å². The van der Waals surface area contributed by atoms with E-state index in [2.05, 4.69) is 64.3 Å². The Morgan fingerprint density at radius 2 is 1.60 bits per heavy atom. The minimum atomic E-state index is -0.142. The van der Waals surface area contributed by atoms with Crippen molar-refractivity contribution in [3.05, 3.63) is 85.8 Å². The van der Waals surface area contributed by atoms with E-state index in [1.54, 1.807) is 0 Å². The maximum Gasteiger partial charge on any atom is 0.253 e. The predicted molar refractivity (Wildman–Crippen MR) is 188 cm³/mol. The third-order valence-corrected chi connectivity index (χ3v) is 10.5. The van der Waals surface area contributed by atoms with Gasteiger partial charge >= 0.3 is 0 Å². The molecule has 2 aliphatic heterocycles. The first-order valence-corrected chi connectivity index (χ1v) is 17.8. The van der Waals surface area contributed by atoms with Gasteiger partial charge in [-0.05, 0) is 105 Å². The number of ether oxygens (including phenoxy) is 2. The van der Waals surface area contributed by atoms with Gasteiger partial charge in [0.2, 0.25) is 0 Å². The summed E-state index contributed by atoms with van der Waals surface area (Å²) >= 11 is 0. The van der Waals surface area contributed by atoms with Crippen LogP contribution in [0.25, 0.3) is 11.1 Å². The number of carbonyl (C=O) groups is 1. The fourth-order valence-electron chi connectivity index (χ4n) is 7.76. The van der Waals surface area contributed by atoms with Gasteiger partial charge in [-0.1, -0.05) is 37.1 Å². The maximum atomic E-state index is 14.1. The van der Waals surface area contributed by atoms with E-state index in [0.717, 1.165) is 125 Å². The van der Waals surface area contributed by atoms with E-state index < -0.39 is 0 Å². The van der Waals surface area contributed by atoms with Crippen molar-refractivity contribution in [3.63, 3.8) is 0 Å². The molecule has 3 aromatic rings. The lowest BCUT2D eigenvalue weighted by Crippen LogP contribution is -2.40. The molecule has 0 spiro atoms. The van der Waals surface area contributed by atoms with E-state index in [1.807, 2.05) is 13.0 Å². The summed E-state index contributed by atoms with van der Waals surface area (Å²) in [5.74, 6) is -0.142. The topological polar surface area (TPSA) is 86.9 Å². The Labute approximate surface area is 279 Å². The van der Waals surface area contributed by atoms with Crippen LogP contribution in [0.2, 0.25) is 0 Å². The molecule has 0 unspecified atom stereocenters. The minimum Gasteiger partial charge on any atom is -0.381 e. The van der Waals surface area contributed by atoms with Crippen LogP contribution in [0.5, 0.6) is 0 Å². The summed E-state index contributed by atoms with van der Waals surface area (Å²) in [6.45, 7) is 13.3. The second kappa shape index (κ2) is 15.6. The molecule has 2 aromatic carbocycles. The Morgan fingerprint density at radius 3 is 2.30 bits per heavy atom. The van der Waals surface area contributed by atoms with Crippen LogP contribution in [-0.2, 0) is 35.4 Å². The number of hydrogen-bond donors (Lipinski definition) is 2. The number of benzene rings is 2. The molecule has 0 atom stereocenters. The van der Waals surface area contributed by atoms with Crippen LogP contribution >= 0.6 is 0 Å². The molecule has 2 N–H and O–H groups in total. The van der Waals surface area contributed by atoms with Gasteiger partial charge in [0.15, 0.2) is 0 Å². The second-order valence-corrected chi connectivity index (χ2v) is 13.5. The number of aromatic amines is 1. The number of H-pyrrole nitrogens is 1. The average molecular weight is 641 g/mol. The van der Waals surface area contributed by atoms with Gasteiger partial charge in [-0.25, -0.2) is 0 Å². The zero-order chi connectivity index (χ0) is 32.8. The molecule has 6 rings (SSSR count). The Kier molecular flexibility index (Phi) is 11.1. The van der Waals surface area contributed by atoms with E-state index in [1.165, 1.54) is 24.0 Å². The normalized spacial score (nSPS) is 17.9. The van der Waals surface area contributed by atoms with E-state index in [9.17, 15) is 9.59 Å². The number of pyridine rings is 1. The van der Waals surface area contributed by atoms with Crippen molar-refractivity contribution in [2.75, 3.05) is 51.0 Å². The summed E-state index contributed by atoms with van der Waals surface area (Å²) in [5.41, 5.74) is 10.1. The molecule has 252 valence electrons. The van der Waals surface area contributed by atoms with Crippen molar-refractivity contribution in [2.45, 2.75) is 91.3 Å². The van der Waals surface area contributed by atoms with Gasteiger partial charge in [0.1, 0.15) is 0 Å². The highest BCUT2D eigenvalue weighted by Crippen LogP contribution is 2.34. The third kappa shape index (κ3) is 7.82. The smallest absolute Gasteiger partial charge is 0.253 e. The number of morpholine rings is 1. The van der Waals surface area contributed by atoms with Crippen molar-refractivity contribution in [1.29, 1.82) is 0 Å². The Hall–Kier alpha value is -3.46. The number of amides is 1. The predicted octanol–water partition coefficient (Wildman–Crippen LogP) is 6.09. The summed E-state index contributed by atoms with van der Waals surface area (Å²) in [5, 5.41) is 3.19. The van der Waals surface area contributed by atoms with Crippen LogP contribution in [-0.4, -0.2) is 67.9 Å². The zero-order valence-electron chi connectivity index (χ0n) is 28.6. The quantitative estimate of drug-likeness (QED) is 0.295. The van der Waals surface area contributed by atoms with Crippen LogP contribution in [0, 0.1) is 13.8 Å². The highest BCUT2D eigenvalue weighted by atomic mass is 16.5. The summed E-state index contributed by atoms with van der Waals surface area (Å²) in [6.07, 6.45) is 8.42. The SMILES string of the molecule is CCN(c1cc(-c2ccc(CN3CCOCC3)cc2)cc(C(=O)NCc2c3c(c(C)[nH]c2=O)CCCCCC3)c1C)C1CCOCC1. The van der Waals surface area contributed by atoms with Crippen LogP contribution in [0.3, 0.4) is 0 Å². The number of carbonyl (C=O) groups excluding carboxylic acids is 1. The molecule has 3 heterocycles. The molecule has 3 aliphatic rings. The molecule has 8 heteroatoms. The van der Waals surface area contributed by atoms with Crippen LogP contribution in [0.15, 0.2) is 41.2 Å². The Balaban J connectivity index is 1.31. The molecule has 0 bridgehead atoms. The first-order chi connectivity index (χ1) is 22.9. The number of rotatable bonds is 9. The molecule has 0 saturated carbocycles. The first kappa shape index (κ1) is 33.4. The molecule has 1 amide bonds. The van der Waals surface area contributed by atoms with Crippen LogP contribution in [0.4, 0.5) is 5.69 Å². The van der Waals surface area contributed by atoms with Crippen molar-refractivity contribution >= 4 is 11.6 Å². The lowest BCUT2D eigenvalue weighted by atomic mass is 9.89. The number of aryl methyl sites for hydroxylation is 1. The summed E-state index contributed by atoms with van der Waals surface area (Å²) < 4.78 is 11.2. The average Bonchev–Trinajstić information content (AvgIpc) is 3.07. The molecule has 1 aliphatic carbocycles. The molecule has 1 aromatic heterocycles. The fraction of sp³-hybridized carbons (Fsp3) is 0.538. The molecular formula is C39H52N4O4. The summed E-state index contributed by atoms with van der Waals surface area (Å²) in [6, 6.07) is 13.4. The van der Waals surface area contributed by atoms with Gasteiger partial charge in [-0.2, -0.15) is 0 Å². The summed E-state index contributed by atoms with van der Waals surface area (Å²) in [4.78, 5) is 35.3. The van der Waals surface area contributed by atoms with Crippen molar-refractivity contribution in [1.82, 2.24) is 15.2 Å². The molecule has 2 saturated heterocycles. The van der Waals surface area contributed by atoms with Crippen molar-refractivity contribution in [3.8, 4) is 11.1 Å². The minimum absolute atomic E-state index is 0.0814. The second-order valence-electron chi connectivity index (χ2n) is 13.5. The van der Waals surface area contributed by atoms with E-state index in [-0.39, 0.29) is 18.0 Å². The first-order valence-electron chi connectivity index (χ1n) is 17.8. The highest BCUT2D eigenvalue weighted by Gasteiger charge is 2.26. The van der Waals surface area contributed by atoms with Crippen LogP contribution in [0.1, 0.15) is 89.3 Å². The summed E-state index contributed by atoms with van der Waals surface area (Å²) in [7, 11) is 0. The van der Waals surface area contributed by atoms with Gasteiger partial charge in [0.05, 0.1) is 13.2 Å². The zero-order valence-corrected chi connectivity index (χ0v) is 28.6. The maximum absolute atomic E-state index is 14.1. The number of nitrogens with one attached hydrogen (secondary N) is 2. The fourth-order valence-corrected chi connectivity index (χ4v) is 7.76. The van der Waals surface area contributed by atoms with Gasteiger partial charge in [-0.15, -0.1) is 0 Å². The van der Waals surface area contributed by atoms with Gasteiger partial charge in [-0.3, -0.25) is 14.5 Å².